The zero-order valence-corrected chi connectivity index (χ0v) is 17.7. The maximum atomic E-state index is 12.9. The van der Waals surface area contributed by atoms with E-state index < -0.39 is 11.7 Å². The van der Waals surface area contributed by atoms with Crippen molar-refractivity contribution in [3.05, 3.63) is 95.7 Å². The van der Waals surface area contributed by atoms with Crippen LogP contribution in [0.25, 0.3) is 27.9 Å². The van der Waals surface area contributed by atoms with E-state index in [4.69, 9.17) is 9.15 Å². The highest BCUT2D eigenvalue weighted by atomic mass is 19.4. The Morgan fingerprint density at radius 1 is 1.03 bits per heavy atom. The normalized spacial score (nSPS) is 12.5. The van der Waals surface area contributed by atoms with Gasteiger partial charge in [-0.1, -0.05) is 23.4 Å². The number of hydrogen-bond donors (Lipinski definition) is 1. The van der Waals surface area contributed by atoms with Gasteiger partial charge in [0.25, 0.3) is 0 Å². The van der Waals surface area contributed by atoms with Gasteiger partial charge < -0.3 is 18.8 Å². The Bertz CT molecular complexity index is 1550. The van der Waals surface area contributed by atoms with Crippen LogP contribution in [0.5, 0.6) is 5.75 Å². The van der Waals surface area contributed by atoms with Gasteiger partial charge in [-0.25, -0.2) is 4.98 Å². The minimum atomic E-state index is -4.38. The van der Waals surface area contributed by atoms with Crippen molar-refractivity contribution >= 4 is 16.5 Å². The van der Waals surface area contributed by atoms with Gasteiger partial charge in [-0.2, -0.15) is 13.2 Å². The summed E-state index contributed by atoms with van der Waals surface area (Å²) in [6.07, 6.45) is -0.532. The van der Waals surface area contributed by atoms with Crippen LogP contribution in [0.15, 0.2) is 88.8 Å². The summed E-state index contributed by atoms with van der Waals surface area (Å²) in [5.41, 5.74) is 1.82. The van der Waals surface area contributed by atoms with E-state index >= 15 is 0 Å². The predicted octanol–water partition coefficient (Wildman–Crippen LogP) is 5.68. The number of benzene rings is 2. The zero-order chi connectivity index (χ0) is 23.7. The van der Waals surface area contributed by atoms with E-state index in [2.05, 4.69) is 10.1 Å². The van der Waals surface area contributed by atoms with Crippen LogP contribution < -0.4 is 10.1 Å². The lowest BCUT2D eigenvalue weighted by Gasteiger charge is -2.10. The van der Waals surface area contributed by atoms with Crippen molar-refractivity contribution in [2.24, 2.45) is 5.16 Å². The van der Waals surface area contributed by atoms with Crippen molar-refractivity contribution in [2.75, 3.05) is 6.61 Å². The molecule has 3 aromatic heterocycles. The minimum absolute atomic E-state index is 0.175. The molecular weight excluding hydrogens is 447 g/mol. The third-order valence-electron chi connectivity index (χ3n) is 5.41. The number of hydrogen-bond acceptors (Lipinski definition) is 5. The first-order chi connectivity index (χ1) is 16.4. The second-order valence-electron chi connectivity index (χ2n) is 7.66. The van der Waals surface area contributed by atoms with Crippen LogP contribution in [0.2, 0.25) is 0 Å². The van der Waals surface area contributed by atoms with Crippen molar-refractivity contribution in [1.29, 1.82) is 0 Å². The second-order valence-corrected chi connectivity index (χ2v) is 7.66. The average molecular weight is 465 g/mol. The summed E-state index contributed by atoms with van der Waals surface area (Å²) < 4.78 is 52.3. The SMILES string of the molecule is O/N=c1\cc(-c2cc3cccn3cn2)oc2ccc(OCCc3cccc(C(F)(F)F)c3)cc12. The third kappa shape index (κ3) is 4.32. The number of ether oxygens (including phenoxy) is 1. The largest absolute Gasteiger partial charge is 0.493 e. The van der Waals surface area contributed by atoms with E-state index in [-0.39, 0.29) is 12.0 Å². The smallest absolute Gasteiger partial charge is 0.416 e. The third-order valence-corrected chi connectivity index (χ3v) is 5.41. The summed E-state index contributed by atoms with van der Waals surface area (Å²) in [5.74, 6) is 0.905. The molecule has 6 nitrogen and oxygen atoms in total. The topological polar surface area (TPSA) is 72.3 Å². The molecule has 0 aliphatic carbocycles. The highest BCUT2D eigenvalue weighted by molar-refractivity contribution is 5.80. The molecule has 0 spiro atoms. The Hall–Kier alpha value is -4.27. The van der Waals surface area contributed by atoms with E-state index in [1.807, 2.05) is 28.8 Å². The molecule has 0 fully saturated rings. The van der Waals surface area contributed by atoms with Crippen molar-refractivity contribution in [2.45, 2.75) is 12.6 Å². The molecule has 172 valence electrons. The summed E-state index contributed by atoms with van der Waals surface area (Å²) in [6.45, 7) is 0.175. The molecule has 0 radical (unpaired) electrons. The number of aromatic nitrogens is 2. The first-order valence-corrected chi connectivity index (χ1v) is 10.4. The number of nitrogens with zero attached hydrogens (tertiary/aromatic N) is 3. The molecule has 0 saturated carbocycles. The molecule has 34 heavy (non-hydrogen) atoms. The molecule has 5 aromatic rings. The lowest BCUT2D eigenvalue weighted by Crippen LogP contribution is -2.07. The molecule has 0 amide bonds. The average Bonchev–Trinajstić information content (AvgIpc) is 3.31. The maximum absolute atomic E-state index is 12.9. The maximum Gasteiger partial charge on any atom is 0.416 e. The molecule has 0 bridgehead atoms. The summed E-state index contributed by atoms with van der Waals surface area (Å²) in [4.78, 5) is 4.39. The quantitative estimate of drug-likeness (QED) is 0.268. The molecule has 3 heterocycles. The molecule has 2 aromatic carbocycles. The zero-order valence-electron chi connectivity index (χ0n) is 17.7. The van der Waals surface area contributed by atoms with E-state index in [9.17, 15) is 18.4 Å². The van der Waals surface area contributed by atoms with Crippen LogP contribution in [0, 0.1) is 0 Å². The minimum Gasteiger partial charge on any atom is -0.493 e. The van der Waals surface area contributed by atoms with E-state index in [1.54, 1.807) is 36.7 Å². The standard InChI is InChI=1S/C25H18F3N3O3/c26-25(27,28)17-4-1-3-16(11-17)8-10-33-19-6-7-23-20(13-19)21(30-32)14-24(34-23)22-12-18-5-2-9-31(18)15-29-22/h1-7,9,11-15,32H,8,10H2/b30-21+. The Morgan fingerprint density at radius 2 is 1.91 bits per heavy atom. The van der Waals surface area contributed by atoms with Gasteiger partial charge in [0.1, 0.15) is 22.4 Å². The van der Waals surface area contributed by atoms with E-state index in [1.165, 1.54) is 6.07 Å². The Balaban J connectivity index is 1.37. The fourth-order valence-corrected chi connectivity index (χ4v) is 3.71. The summed E-state index contributed by atoms with van der Waals surface area (Å²) in [5, 5.41) is 13.8. The first-order valence-electron chi connectivity index (χ1n) is 10.4. The van der Waals surface area contributed by atoms with Crippen molar-refractivity contribution in [3.63, 3.8) is 0 Å². The van der Waals surface area contributed by atoms with Gasteiger partial charge in [-0.05, 0) is 48.0 Å². The van der Waals surface area contributed by atoms with Crippen molar-refractivity contribution in [1.82, 2.24) is 9.38 Å². The van der Waals surface area contributed by atoms with Crippen LogP contribution in [0.1, 0.15) is 11.1 Å². The van der Waals surface area contributed by atoms with Gasteiger partial charge >= 0.3 is 6.18 Å². The Morgan fingerprint density at radius 3 is 2.74 bits per heavy atom. The molecule has 0 aliphatic rings. The molecule has 1 N–H and O–H groups in total. The highest BCUT2D eigenvalue weighted by Gasteiger charge is 2.30. The van der Waals surface area contributed by atoms with Gasteiger partial charge in [0.05, 0.1) is 23.9 Å². The second kappa shape index (κ2) is 8.58. The van der Waals surface area contributed by atoms with Gasteiger partial charge in [0.15, 0.2) is 5.76 Å². The van der Waals surface area contributed by atoms with Gasteiger partial charge in [0, 0.05) is 24.2 Å². The van der Waals surface area contributed by atoms with E-state index in [0.717, 1.165) is 17.6 Å². The van der Waals surface area contributed by atoms with Crippen LogP contribution in [0.3, 0.4) is 0 Å². The molecular formula is C25H18F3N3O3. The number of rotatable bonds is 5. The molecule has 5 rings (SSSR count). The van der Waals surface area contributed by atoms with Crippen molar-refractivity contribution < 1.29 is 27.5 Å². The molecule has 9 heteroatoms. The Labute approximate surface area is 191 Å². The van der Waals surface area contributed by atoms with Gasteiger partial charge in [0.2, 0.25) is 0 Å². The first kappa shape index (κ1) is 21.6. The van der Waals surface area contributed by atoms with Crippen LogP contribution in [-0.4, -0.2) is 21.2 Å². The molecule has 0 saturated heterocycles. The lowest BCUT2D eigenvalue weighted by molar-refractivity contribution is -0.137. The number of alkyl halides is 3. The Kier molecular flexibility index (Phi) is 5.45. The predicted molar refractivity (Wildman–Crippen MR) is 118 cm³/mol. The molecule has 0 aliphatic heterocycles. The fourth-order valence-electron chi connectivity index (χ4n) is 3.71. The molecule has 0 unspecified atom stereocenters. The summed E-state index contributed by atoms with van der Waals surface area (Å²) in [6, 6.07) is 17.5. The van der Waals surface area contributed by atoms with Crippen LogP contribution >= 0.6 is 0 Å². The fraction of sp³-hybridized carbons (Fsp3) is 0.120. The summed E-state index contributed by atoms with van der Waals surface area (Å²) >= 11 is 0. The monoisotopic (exact) mass is 465 g/mol. The van der Waals surface area contributed by atoms with Crippen LogP contribution in [0.4, 0.5) is 13.2 Å². The van der Waals surface area contributed by atoms with E-state index in [0.29, 0.717) is 40.2 Å². The highest BCUT2D eigenvalue weighted by Crippen LogP contribution is 2.30. The van der Waals surface area contributed by atoms with Gasteiger partial charge in [-0.15, -0.1) is 0 Å². The number of halogens is 3. The summed E-state index contributed by atoms with van der Waals surface area (Å²) in [7, 11) is 0. The van der Waals surface area contributed by atoms with Gasteiger partial charge in [-0.3, -0.25) is 0 Å². The lowest BCUT2D eigenvalue weighted by atomic mass is 10.1. The van der Waals surface area contributed by atoms with Crippen LogP contribution in [-0.2, 0) is 12.6 Å². The van der Waals surface area contributed by atoms with Crippen molar-refractivity contribution in [3.8, 4) is 17.2 Å². The number of fused-ring (bicyclic) bond motifs is 2. The molecule has 0 atom stereocenters.